The number of carbonyl (C=O) groups excluding carboxylic acids is 2. The largest absolute Gasteiger partial charge is 0.480 e. The number of likely N-dealkylation sites (tertiary alicyclic amines) is 2. The topological polar surface area (TPSA) is 135 Å². The summed E-state index contributed by atoms with van der Waals surface area (Å²) in [5, 5.41) is 26.0. The third-order valence-corrected chi connectivity index (χ3v) is 7.13. The second-order valence-electron chi connectivity index (χ2n) is 9.38. The van der Waals surface area contributed by atoms with Gasteiger partial charge in [-0.15, -0.1) is 0 Å². The van der Waals surface area contributed by atoms with E-state index >= 15 is 0 Å². The number of aliphatic hydroxyl groups is 1. The Morgan fingerprint density at radius 3 is 2.34 bits per heavy atom. The van der Waals surface area contributed by atoms with Crippen LogP contribution in [0.15, 0.2) is 12.1 Å². The molecule has 194 valence electrons. The molecule has 0 spiro atoms. The van der Waals surface area contributed by atoms with Crippen molar-refractivity contribution in [2.24, 2.45) is 0 Å². The molecule has 1 atom stereocenters. The second-order valence-corrected chi connectivity index (χ2v) is 9.38. The number of aromatic nitrogens is 1. The monoisotopic (exact) mass is 489 g/mol. The third kappa shape index (κ3) is 6.22. The minimum Gasteiger partial charge on any atom is -0.480 e. The van der Waals surface area contributed by atoms with Crippen molar-refractivity contribution in [2.75, 3.05) is 38.0 Å². The van der Waals surface area contributed by atoms with Crippen LogP contribution in [0.2, 0.25) is 0 Å². The Bertz CT molecular complexity index is 908. The molecule has 0 saturated carbocycles. The third-order valence-electron chi connectivity index (χ3n) is 7.13. The van der Waals surface area contributed by atoms with Crippen LogP contribution in [0, 0.1) is 0 Å². The average Bonchev–Trinajstić information content (AvgIpc) is 2.88. The Labute approximate surface area is 207 Å². The van der Waals surface area contributed by atoms with Crippen molar-refractivity contribution >= 4 is 23.7 Å². The number of amides is 3. The van der Waals surface area contributed by atoms with E-state index in [9.17, 15) is 24.6 Å². The lowest BCUT2D eigenvalue weighted by molar-refractivity contribution is -0.152. The van der Waals surface area contributed by atoms with E-state index in [0.717, 1.165) is 43.7 Å². The number of urea groups is 1. The summed E-state index contributed by atoms with van der Waals surface area (Å²) >= 11 is 0. The predicted molar refractivity (Wildman–Crippen MR) is 132 cm³/mol. The molecular formula is C25H39N5O5. The molecule has 0 bridgehead atoms. The summed E-state index contributed by atoms with van der Waals surface area (Å²) in [7, 11) is 0. The number of nitrogens with one attached hydrogen (secondary N) is 2. The summed E-state index contributed by atoms with van der Waals surface area (Å²) in [6, 6.07) is 2.82. The number of hydrogen-bond donors (Lipinski definition) is 4. The average molecular weight is 490 g/mol. The quantitative estimate of drug-likeness (QED) is 0.509. The summed E-state index contributed by atoms with van der Waals surface area (Å²) in [4.78, 5) is 44.3. The van der Waals surface area contributed by atoms with Crippen molar-refractivity contribution in [1.82, 2.24) is 20.1 Å². The molecule has 0 aromatic carbocycles. The zero-order chi connectivity index (χ0) is 25.6. The van der Waals surface area contributed by atoms with Crippen LogP contribution in [-0.4, -0.2) is 87.3 Å². The molecular weight excluding hydrogens is 450 g/mol. The molecule has 35 heavy (non-hydrogen) atoms. The SMILES string of the molecule is CC.CC(=O)N[C@@H](C(=O)O)C1(O)CCN(C(=O)N2CCC(c3ccc4c(n3)NCCC4)CC2)CC1. The molecule has 1 aromatic rings. The number of fused-ring (bicyclic) bond motifs is 1. The lowest BCUT2D eigenvalue weighted by atomic mass is 9.84. The van der Waals surface area contributed by atoms with Gasteiger partial charge in [0, 0.05) is 51.3 Å². The van der Waals surface area contributed by atoms with Gasteiger partial charge in [0.2, 0.25) is 5.91 Å². The normalized spacial score (nSPS) is 20.5. The molecule has 2 saturated heterocycles. The molecule has 3 aliphatic rings. The molecule has 3 amide bonds. The first-order valence-corrected chi connectivity index (χ1v) is 12.8. The van der Waals surface area contributed by atoms with E-state index < -0.39 is 23.5 Å². The Morgan fingerprint density at radius 1 is 1.11 bits per heavy atom. The van der Waals surface area contributed by atoms with Crippen LogP contribution in [0.5, 0.6) is 0 Å². The van der Waals surface area contributed by atoms with Crippen LogP contribution >= 0.6 is 0 Å². The predicted octanol–water partition coefficient (Wildman–Crippen LogP) is 2.18. The summed E-state index contributed by atoms with van der Waals surface area (Å²) in [6.07, 6.45) is 4.08. The van der Waals surface area contributed by atoms with E-state index in [0.29, 0.717) is 19.0 Å². The zero-order valence-electron chi connectivity index (χ0n) is 21.0. The Kier molecular flexibility index (Phi) is 8.93. The Morgan fingerprint density at radius 2 is 1.74 bits per heavy atom. The summed E-state index contributed by atoms with van der Waals surface area (Å²) in [6.45, 7) is 7.95. The highest BCUT2D eigenvalue weighted by Crippen LogP contribution is 2.31. The van der Waals surface area contributed by atoms with Crippen LogP contribution < -0.4 is 10.6 Å². The highest BCUT2D eigenvalue weighted by molar-refractivity contribution is 5.83. The lowest BCUT2D eigenvalue weighted by Crippen LogP contribution is -2.62. The van der Waals surface area contributed by atoms with Gasteiger partial charge >= 0.3 is 12.0 Å². The summed E-state index contributed by atoms with van der Waals surface area (Å²) in [5.41, 5.74) is 0.773. The van der Waals surface area contributed by atoms with Crippen LogP contribution in [0.4, 0.5) is 10.6 Å². The van der Waals surface area contributed by atoms with Crippen LogP contribution in [0.1, 0.15) is 70.1 Å². The smallest absolute Gasteiger partial charge is 0.329 e. The number of pyridine rings is 1. The van der Waals surface area contributed by atoms with Gasteiger partial charge in [-0.1, -0.05) is 19.9 Å². The van der Waals surface area contributed by atoms with Crippen molar-refractivity contribution in [3.63, 3.8) is 0 Å². The highest BCUT2D eigenvalue weighted by atomic mass is 16.4. The van der Waals surface area contributed by atoms with Gasteiger partial charge in [0.1, 0.15) is 5.82 Å². The van der Waals surface area contributed by atoms with E-state index in [2.05, 4.69) is 22.8 Å². The molecule has 4 rings (SSSR count). The minimum absolute atomic E-state index is 0.0815. The van der Waals surface area contributed by atoms with Crippen molar-refractivity contribution in [3.8, 4) is 0 Å². The minimum atomic E-state index is -1.58. The molecule has 4 N–H and O–H groups in total. The standard InChI is InChI=1S/C23H33N5O5.C2H6/c1-15(29)25-19(21(30)31)23(33)8-13-28(14-9-23)22(32)27-11-6-16(7-12-27)18-5-4-17-3-2-10-24-20(17)26-18;1-2/h4-5,16,19,33H,2-3,6-14H2,1H3,(H,24,26)(H,25,29)(H,30,31);1-2H3/t19-;/m0./s1. The highest BCUT2D eigenvalue weighted by Gasteiger charge is 2.45. The van der Waals surface area contributed by atoms with E-state index in [-0.39, 0.29) is 32.0 Å². The van der Waals surface area contributed by atoms with Crippen molar-refractivity contribution in [2.45, 2.75) is 76.9 Å². The van der Waals surface area contributed by atoms with Gasteiger partial charge in [-0.2, -0.15) is 0 Å². The molecule has 0 aliphatic carbocycles. The second kappa shape index (κ2) is 11.7. The number of aryl methyl sites for hydroxylation is 1. The van der Waals surface area contributed by atoms with Crippen LogP contribution in [-0.2, 0) is 16.0 Å². The number of piperidine rings is 2. The maximum atomic E-state index is 13.0. The fourth-order valence-corrected chi connectivity index (χ4v) is 5.14. The number of rotatable bonds is 4. The number of hydrogen-bond acceptors (Lipinski definition) is 6. The molecule has 4 heterocycles. The zero-order valence-corrected chi connectivity index (χ0v) is 21.0. The van der Waals surface area contributed by atoms with E-state index in [4.69, 9.17) is 4.98 Å². The number of anilines is 1. The van der Waals surface area contributed by atoms with Gasteiger partial charge in [0.15, 0.2) is 6.04 Å². The van der Waals surface area contributed by atoms with Gasteiger partial charge in [0.05, 0.1) is 5.60 Å². The molecule has 3 aliphatic heterocycles. The van der Waals surface area contributed by atoms with Crippen molar-refractivity contribution in [3.05, 3.63) is 23.4 Å². The van der Waals surface area contributed by atoms with Crippen molar-refractivity contribution < 1.29 is 24.6 Å². The first kappa shape index (κ1) is 26.7. The molecule has 1 aromatic heterocycles. The molecule has 0 radical (unpaired) electrons. The van der Waals surface area contributed by atoms with E-state index in [1.54, 1.807) is 4.90 Å². The van der Waals surface area contributed by atoms with Crippen LogP contribution in [0.25, 0.3) is 0 Å². The van der Waals surface area contributed by atoms with Crippen LogP contribution in [0.3, 0.4) is 0 Å². The summed E-state index contributed by atoms with van der Waals surface area (Å²) in [5.74, 6) is -0.470. The number of aliphatic carboxylic acids is 1. The summed E-state index contributed by atoms with van der Waals surface area (Å²) < 4.78 is 0. The van der Waals surface area contributed by atoms with Gasteiger partial charge in [-0.05, 0) is 50.2 Å². The number of nitrogens with zero attached hydrogens (tertiary/aromatic N) is 3. The maximum Gasteiger partial charge on any atom is 0.329 e. The molecule has 10 heteroatoms. The van der Waals surface area contributed by atoms with Gasteiger partial charge in [-0.3, -0.25) is 4.79 Å². The maximum absolute atomic E-state index is 13.0. The number of carboxylic acids is 1. The van der Waals surface area contributed by atoms with E-state index in [1.165, 1.54) is 12.5 Å². The van der Waals surface area contributed by atoms with Crippen molar-refractivity contribution in [1.29, 1.82) is 0 Å². The van der Waals surface area contributed by atoms with Gasteiger partial charge < -0.3 is 30.6 Å². The lowest BCUT2D eigenvalue weighted by Gasteiger charge is -2.43. The molecule has 0 unspecified atom stereocenters. The fourth-order valence-electron chi connectivity index (χ4n) is 5.14. The first-order chi connectivity index (χ1) is 16.8. The molecule has 2 fully saturated rings. The Hall–Kier alpha value is -2.88. The van der Waals surface area contributed by atoms with Gasteiger partial charge in [-0.25, -0.2) is 14.6 Å². The Balaban J connectivity index is 0.00000167. The molecule has 10 nitrogen and oxygen atoms in total. The van der Waals surface area contributed by atoms with E-state index in [1.807, 2.05) is 18.7 Å². The number of carbonyl (C=O) groups is 3. The number of carboxylic acid groups (broad SMARTS) is 1. The van der Waals surface area contributed by atoms with Gasteiger partial charge in [0.25, 0.3) is 0 Å². The first-order valence-electron chi connectivity index (χ1n) is 12.8. The fraction of sp³-hybridized carbons (Fsp3) is 0.680.